The molecule has 0 fully saturated rings. The van der Waals surface area contributed by atoms with E-state index in [1.807, 2.05) is 0 Å². The van der Waals surface area contributed by atoms with Crippen molar-refractivity contribution in [3.8, 4) is 0 Å². The van der Waals surface area contributed by atoms with Crippen LogP contribution in [0.4, 0.5) is 0 Å². The number of benzene rings is 1. The van der Waals surface area contributed by atoms with E-state index in [4.69, 9.17) is 0 Å². The largest absolute Gasteiger partial charge is 0.356 e. The van der Waals surface area contributed by atoms with E-state index in [1.165, 1.54) is 6.92 Å². The Labute approximate surface area is 136 Å². The number of carbonyl (C=O) groups is 1. The van der Waals surface area contributed by atoms with Gasteiger partial charge in [0.2, 0.25) is 15.9 Å². The fourth-order valence-electron chi connectivity index (χ4n) is 1.98. The molecule has 23 heavy (non-hydrogen) atoms. The molecule has 0 aliphatic heterocycles. The smallest absolute Gasteiger partial charge is 0.240 e. The average molecular weight is 333 g/mol. The molecule has 6 nitrogen and oxygen atoms in total. The number of rotatable bonds is 7. The topological polar surface area (TPSA) is 88.2 Å². The molecule has 1 aromatic heterocycles. The fourth-order valence-corrected chi connectivity index (χ4v) is 3.00. The number of hydrogen-bond acceptors (Lipinski definition) is 4. The van der Waals surface area contributed by atoms with Gasteiger partial charge in [-0.15, -0.1) is 0 Å². The fraction of sp³-hybridized carbons (Fsp3) is 0.250. The predicted octanol–water partition coefficient (Wildman–Crippen LogP) is 1.24. The summed E-state index contributed by atoms with van der Waals surface area (Å²) in [5.74, 6) is -0.0798. The van der Waals surface area contributed by atoms with Gasteiger partial charge in [0.05, 0.1) is 4.90 Å². The van der Waals surface area contributed by atoms with Crippen molar-refractivity contribution in [1.82, 2.24) is 15.0 Å². The van der Waals surface area contributed by atoms with E-state index >= 15 is 0 Å². The summed E-state index contributed by atoms with van der Waals surface area (Å²) in [6.45, 7) is 2.19. The normalized spacial score (nSPS) is 11.2. The van der Waals surface area contributed by atoms with E-state index in [0.717, 1.165) is 11.1 Å². The standard InChI is InChI=1S/C16H19N3O3S/c1-13(20)18-10-8-14-4-6-16(7-5-14)23(21,22)19-12-15-3-2-9-17-11-15/h2-7,9,11,19H,8,10,12H2,1H3,(H,18,20). The third kappa shape index (κ3) is 5.46. The molecule has 2 aromatic rings. The number of nitrogens with zero attached hydrogens (tertiary/aromatic N) is 1. The van der Waals surface area contributed by atoms with E-state index in [9.17, 15) is 13.2 Å². The maximum atomic E-state index is 12.2. The Hall–Kier alpha value is -2.25. The van der Waals surface area contributed by atoms with Gasteiger partial charge in [0, 0.05) is 32.4 Å². The van der Waals surface area contributed by atoms with E-state index in [-0.39, 0.29) is 17.3 Å². The van der Waals surface area contributed by atoms with Gasteiger partial charge in [0.25, 0.3) is 0 Å². The number of amides is 1. The summed E-state index contributed by atoms with van der Waals surface area (Å²) in [7, 11) is -3.56. The van der Waals surface area contributed by atoms with Crippen LogP contribution in [0.15, 0.2) is 53.7 Å². The number of carbonyl (C=O) groups excluding carboxylic acids is 1. The van der Waals surface area contributed by atoms with Crippen molar-refractivity contribution >= 4 is 15.9 Å². The van der Waals surface area contributed by atoms with Crippen molar-refractivity contribution in [1.29, 1.82) is 0 Å². The van der Waals surface area contributed by atoms with E-state index < -0.39 is 10.0 Å². The van der Waals surface area contributed by atoms with Crippen LogP contribution in [-0.4, -0.2) is 25.9 Å². The van der Waals surface area contributed by atoms with E-state index in [2.05, 4.69) is 15.0 Å². The number of hydrogen-bond donors (Lipinski definition) is 2. The molecule has 0 unspecified atom stereocenters. The molecule has 0 saturated carbocycles. The summed E-state index contributed by atoms with van der Waals surface area (Å²) >= 11 is 0. The van der Waals surface area contributed by atoms with Gasteiger partial charge in [-0.3, -0.25) is 9.78 Å². The zero-order valence-electron chi connectivity index (χ0n) is 12.8. The third-order valence-electron chi connectivity index (χ3n) is 3.21. The number of sulfonamides is 1. The summed E-state index contributed by atoms with van der Waals surface area (Å²) in [5.41, 5.74) is 1.76. The van der Waals surface area contributed by atoms with Crippen molar-refractivity contribution in [3.05, 3.63) is 59.9 Å². The van der Waals surface area contributed by atoms with Gasteiger partial charge in [-0.25, -0.2) is 13.1 Å². The van der Waals surface area contributed by atoms with E-state index in [0.29, 0.717) is 13.0 Å². The lowest BCUT2D eigenvalue weighted by atomic mass is 10.1. The summed E-state index contributed by atoms with van der Waals surface area (Å²) in [6, 6.07) is 10.2. The second-order valence-electron chi connectivity index (χ2n) is 5.06. The summed E-state index contributed by atoms with van der Waals surface area (Å²) in [5, 5.41) is 2.70. The second kappa shape index (κ2) is 7.85. The third-order valence-corrected chi connectivity index (χ3v) is 4.63. The van der Waals surface area contributed by atoms with Gasteiger partial charge in [0.1, 0.15) is 0 Å². The highest BCUT2D eigenvalue weighted by atomic mass is 32.2. The Morgan fingerprint density at radius 3 is 2.48 bits per heavy atom. The lowest BCUT2D eigenvalue weighted by molar-refractivity contribution is -0.118. The molecule has 2 N–H and O–H groups in total. The molecule has 0 saturated heterocycles. The second-order valence-corrected chi connectivity index (χ2v) is 6.83. The van der Waals surface area contributed by atoms with Gasteiger partial charge in [0.15, 0.2) is 0 Å². The Morgan fingerprint density at radius 2 is 1.87 bits per heavy atom. The van der Waals surface area contributed by atoms with Gasteiger partial charge >= 0.3 is 0 Å². The zero-order chi connectivity index (χ0) is 16.7. The molecule has 0 spiro atoms. The van der Waals surface area contributed by atoms with Crippen LogP contribution < -0.4 is 10.0 Å². The van der Waals surface area contributed by atoms with Crippen molar-refractivity contribution in [2.45, 2.75) is 24.8 Å². The first-order chi connectivity index (χ1) is 11.0. The molecule has 0 atom stereocenters. The van der Waals surface area contributed by atoms with Crippen molar-refractivity contribution in [3.63, 3.8) is 0 Å². The maximum absolute atomic E-state index is 12.2. The lowest BCUT2D eigenvalue weighted by Gasteiger charge is -2.08. The minimum absolute atomic E-state index is 0.0798. The van der Waals surface area contributed by atoms with Gasteiger partial charge < -0.3 is 5.32 Å². The molecule has 0 bridgehead atoms. The summed E-state index contributed by atoms with van der Waals surface area (Å²) in [4.78, 5) is 15.0. The molecule has 0 aliphatic carbocycles. The quantitative estimate of drug-likeness (QED) is 0.798. The Bertz CT molecular complexity index is 744. The van der Waals surface area contributed by atoms with Crippen LogP contribution in [0.5, 0.6) is 0 Å². The maximum Gasteiger partial charge on any atom is 0.240 e. The number of aromatic nitrogens is 1. The van der Waals surface area contributed by atoms with Crippen LogP contribution >= 0.6 is 0 Å². The molecule has 7 heteroatoms. The van der Waals surface area contributed by atoms with Crippen molar-refractivity contribution in [2.24, 2.45) is 0 Å². The number of pyridine rings is 1. The molecular weight excluding hydrogens is 314 g/mol. The van der Waals surface area contributed by atoms with Gasteiger partial charge in [-0.2, -0.15) is 0 Å². The van der Waals surface area contributed by atoms with Crippen molar-refractivity contribution < 1.29 is 13.2 Å². The first kappa shape index (κ1) is 17.1. The highest BCUT2D eigenvalue weighted by molar-refractivity contribution is 7.89. The van der Waals surface area contributed by atoms with Crippen LogP contribution in [0, 0.1) is 0 Å². The van der Waals surface area contributed by atoms with Gasteiger partial charge in [-0.1, -0.05) is 18.2 Å². The molecule has 122 valence electrons. The highest BCUT2D eigenvalue weighted by Gasteiger charge is 2.13. The molecular formula is C16H19N3O3S. The minimum Gasteiger partial charge on any atom is -0.356 e. The van der Waals surface area contributed by atoms with Crippen LogP contribution in [-0.2, 0) is 27.8 Å². The van der Waals surface area contributed by atoms with Gasteiger partial charge in [-0.05, 0) is 35.7 Å². The lowest BCUT2D eigenvalue weighted by Crippen LogP contribution is -2.23. The van der Waals surface area contributed by atoms with Crippen LogP contribution in [0.2, 0.25) is 0 Å². The monoisotopic (exact) mass is 333 g/mol. The highest BCUT2D eigenvalue weighted by Crippen LogP contribution is 2.11. The SMILES string of the molecule is CC(=O)NCCc1ccc(S(=O)(=O)NCc2cccnc2)cc1. The van der Waals surface area contributed by atoms with Crippen LogP contribution in [0.25, 0.3) is 0 Å². The number of nitrogens with one attached hydrogen (secondary N) is 2. The van der Waals surface area contributed by atoms with Crippen LogP contribution in [0.3, 0.4) is 0 Å². The average Bonchev–Trinajstić information content (AvgIpc) is 2.54. The molecule has 2 rings (SSSR count). The molecule has 1 heterocycles. The zero-order valence-corrected chi connectivity index (χ0v) is 13.6. The Balaban J connectivity index is 1.95. The Morgan fingerprint density at radius 1 is 1.13 bits per heavy atom. The predicted molar refractivity (Wildman–Crippen MR) is 87.1 cm³/mol. The molecule has 0 radical (unpaired) electrons. The Kier molecular flexibility index (Phi) is 5.84. The molecule has 1 aromatic carbocycles. The van der Waals surface area contributed by atoms with E-state index in [1.54, 1.807) is 48.8 Å². The summed E-state index contributed by atoms with van der Waals surface area (Å²) in [6.07, 6.45) is 3.91. The molecule has 1 amide bonds. The first-order valence-electron chi connectivity index (χ1n) is 7.19. The first-order valence-corrected chi connectivity index (χ1v) is 8.67. The summed E-state index contributed by atoms with van der Waals surface area (Å²) < 4.78 is 27.0. The van der Waals surface area contributed by atoms with Crippen molar-refractivity contribution in [2.75, 3.05) is 6.54 Å². The molecule has 0 aliphatic rings. The minimum atomic E-state index is -3.56. The van der Waals surface area contributed by atoms with Crippen LogP contribution in [0.1, 0.15) is 18.1 Å².